The summed E-state index contributed by atoms with van der Waals surface area (Å²) in [4.78, 5) is 1.40. The molecule has 17 heavy (non-hydrogen) atoms. The Morgan fingerprint density at radius 1 is 1.47 bits per heavy atom. The Balaban J connectivity index is 2.61. The van der Waals surface area contributed by atoms with Crippen molar-refractivity contribution in [2.45, 2.75) is 39.2 Å². The summed E-state index contributed by atoms with van der Waals surface area (Å²) in [5, 5.41) is 5.72. The molecule has 0 spiro atoms. The predicted octanol–water partition coefficient (Wildman–Crippen LogP) is 3.36. The van der Waals surface area contributed by atoms with E-state index in [2.05, 4.69) is 60.4 Å². The van der Waals surface area contributed by atoms with Crippen LogP contribution in [0.15, 0.2) is 15.9 Å². The summed E-state index contributed by atoms with van der Waals surface area (Å²) in [6.07, 6.45) is 0. The molecule has 1 heterocycles. The highest BCUT2D eigenvalue weighted by Crippen LogP contribution is 2.31. The van der Waals surface area contributed by atoms with Gasteiger partial charge in [-0.15, -0.1) is 11.3 Å². The second kappa shape index (κ2) is 6.32. The first kappa shape index (κ1) is 15.2. The summed E-state index contributed by atoms with van der Waals surface area (Å²) < 4.78 is 1.17. The van der Waals surface area contributed by atoms with Crippen LogP contribution in [0, 0.1) is 5.92 Å². The number of hydrogen-bond acceptors (Lipinski definition) is 3. The molecule has 1 rings (SSSR count). The summed E-state index contributed by atoms with van der Waals surface area (Å²) in [7, 11) is 0. The first-order chi connectivity index (χ1) is 7.86. The second-order valence-corrected chi connectivity index (χ2v) is 7.31. The Labute approximate surface area is 117 Å². The van der Waals surface area contributed by atoms with Crippen LogP contribution in [0.3, 0.4) is 0 Å². The maximum absolute atomic E-state index is 5.78. The fraction of sp³-hybridized carbons (Fsp3) is 0.692. The lowest BCUT2D eigenvalue weighted by Crippen LogP contribution is -2.45. The van der Waals surface area contributed by atoms with Crippen LogP contribution >= 0.6 is 27.3 Å². The maximum Gasteiger partial charge on any atom is 0.0285 e. The molecule has 0 fully saturated rings. The van der Waals surface area contributed by atoms with Gasteiger partial charge in [0.2, 0.25) is 0 Å². The highest BCUT2D eigenvalue weighted by molar-refractivity contribution is 9.10. The topological polar surface area (TPSA) is 38.0 Å². The van der Waals surface area contributed by atoms with Gasteiger partial charge in [0.05, 0.1) is 0 Å². The fourth-order valence-electron chi connectivity index (χ4n) is 1.73. The third kappa shape index (κ3) is 4.36. The number of rotatable bonds is 6. The Bertz CT molecular complexity index is 347. The minimum Gasteiger partial charge on any atom is -0.329 e. The van der Waals surface area contributed by atoms with Crippen LogP contribution in [0.5, 0.6) is 0 Å². The minimum atomic E-state index is 0.152. The zero-order valence-corrected chi connectivity index (χ0v) is 13.5. The van der Waals surface area contributed by atoms with Crippen LogP contribution in [0.4, 0.5) is 0 Å². The summed E-state index contributed by atoms with van der Waals surface area (Å²) >= 11 is 5.32. The van der Waals surface area contributed by atoms with E-state index >= 15 is 0 Å². The van der Waals surface area contributed by atoms with Crippen LogP contribution in [0.2, 0.25) is 0 Å². The van der Waals surface area contributed by atoms with Crippen LogP contribution in [0.25, 0.3) is 0 Å². The molecule has 1 atom stereocenters. The van der Waals surface area contributed by atoms with E-state index in [1.165, 1.54) is 9.35 Å². The van der Waals surface area contributed by atoms with E-state index in [0.717, 1.165) is 6.54 Å². The molecule has 0 saturated heterocycles. The average Bonchev–Trinajstić information content (AvgIpc) is 2.66. The lowest BCUT2D eigenvalue weighted by atomic mass is 9.90. The highest BCUT2D eigenvalue weighted by Gasteiger charge is 2.24. The minimum absolute atomic E-state index is 0.152. The first-order valence-electron chi connectivity index (χ1n) is 6.05. The van der Waals surface area contributed by atoms with Crippen molar-refractivity contribution in [1.82, 2.24) is 5.32 Å². The predicted molar refractivity (Wildman–Crippen MR) is 80.7 cm³/mol. The summed E-state index contributed by atoms with van der Waals surface area (Å²) in [5.41, 5.74) is 5.93. The molecule has 0 radical (unpaired) electrons. The monoisotopic (exact) mass is 318 g/mol. The molecule has 0 aliphatic carbocycles. The van der Waals surface area contributed by atoms with Gasteiger partial charge < -0.3 is 11.1 Å². The molecule has 3 N–H and O–H groups in total. The second-order valence-electron chi connectivity index (χ2n) is 5.48. The summed E-state index contributed by atoms with van der Waals surface area (Å²) in [5.74, 6) is 0.575. The Kier molecular flexibility index (Phi) is 5.64. The highest BCUT2D eigenvalue weighted by atomic mass is 79.9. The number of halogens is 1. The van der Waals surface area contributed by atoms with Gasteiger partial charge in [-0.25, -0.2) is 0 Å². The van der Waals surface area contributed by atoms with E-state index in [-0.39, 0.29) is 5.41 Å². The van der Waals surface area contributed by atoms with Gasteiger partial charge in [-0.3, -0.25) is 0 Å². The van der Waals surface area contributed by atoms with Crippen molar-refractivity contribution < 1.29 is 0 Å². The molecule has 4 heteroatoms. The molecule has 0 aromatic carbocycles. The van der Waals surface area contributed by atoms with Gasteiger partial charge in [-0.2, -0.15) is 0 Å². The van der Waals surface area contributed by atoms with Gasteiger partial charge in [-0.05, 0) is 27.9 Å². The van der Waals surface area contributed by atoms with Gasteiger partial charge in [0.15, 0.2) is 0 Å². The fourth-order valence-corrected chi connectivity index (χ4v) is 3.29. The third-order valence-corrected chi connectivity index (χ3v) is 5.16. The molecule has 2 nitrogen and oxygen atoms in total. The number of thiophene rings is 1. The largest absolute Gasteiger partial charge is 0.329 e. The van der Waals surface area contributed by atoms with Crippen molar-refractivity contribution in [3.05, 3.63) is 20.8 Å². The van der Waals surface area contributed by atoms with Crippen molar-refractivity contribution in [3.8, 4) is 0 Å². The molecule has 0 amide bonds. The smallest absolute Gasteiger partial charge is 0.0285 e. The molecule has 0 aliphatic rings. The molecule has 1 unspecified atom stereocenters. The Hall–Kier alpha value is 0.1000. The number of nitrogens with one attached hydrogen (secondary N) is 1. The van der Waals surface area contributed by atoms with Crippen molar-refractivity contribution in [3.63, 3.8) is 0 Å². The van der Waals surface area contributed by atoms with Crippen molar-refractivity contribution in [2.75, 3.05) is 13.1 Å². The van der Waals surface area contributed by atoms with E-state index in [9.17, 15) is 0 Å². The maximum atomic E-state index is 5.78. The zero-order chi connectivity index (χ0) is 13.1. The number of hydrogen-bond donors (Lipinski definition) is 2. The normalized spacial score (nSPS) is 14.3. The van der Waals surface area contributed by atoms with Gasteiger partial charge in [0, 0.05) is 39.3 Å². The molecular weight excluding hydrogens is 296 g/mol. The quantitative estimate of drug-likeness (QED) is 0.844. The molecular formula is C13H23BrN2S. The van der Waals surface area contributed by atoms with E-state index in [0.29, 0.717) is 18.5 Å². The van der Waals surface area contributed by atoms with Crippen molar-refractivity contribution >= 4 is 27.3 Å². The van der Waals surface area contributed by atoms with Gasteiger partial charge in [-0.1, -0.05) is 27.7 Å². The van der Waals surface area contributed by atoms with E-state index in [4.69, 9.17) is 5.73 Å². The van der Waals surface area contributed by atoms with Gasteiger partial charge >= 0.3 is 0 Å². The Morgan fingerprint density at radius 2 is 2.12 bits per heavy atom. The number of nitrogens with two attached hydrogens (primary N) is 1. The van der Waals surface area contributed by atoms with Crippen LogP contribution in [0.1, 0.15) is 32.6 Å². The molecule has 0 aliphatic heterocycles. The Morgan fingerprint density at radius 3 is 2.53 bits per heavy atom. The van der Waals surface area contributed by atoms with E-state index < -0.39 is 0 Å². The summed E-state index contributed by atoms with van der Waals surface area (Å²) in [6.45, 7) is 10.6. The van der Waals surface area contributed by atoms with E-state index in [1.54, 1.807) is 11.3 Å². The molecule has 0 bridgehead atoms. The van der Waals surface area contributed by atoms with Crippen molar-refractivity contribution in [2.24, 2.45) is 11.7 Å². The molecule has 0 saturated carbocycles. The average molecular weight is 319 g/mol. The van der Waals surface area contributed by atoms with Gasteiger partial charge in [0.25, 0.3) is 0 Å². The summed E-state index contributed by atoms with van der Waals surface area (Å²) in [6, 6.07) is 2.61. The lowest BCUT2D eigenvalue weighted by Gasteiger charge is -2.28. The third-order valence-electron chi connectivity index (χ3n) is 3.10. The van der Waals surface area contributed by atoms with Crippen LogP contribution < -0.4 is 11.1 Å². The zero-order valence-electron chi connectivity index (χ0n) is 11.1. The first-order valence-corrected chi connectivity index (χ1v) is 7.72. The van der Waals surface area contributed by atoms with Gasteiger partial charge in [0.1, 0.15) is 0 Å². The molecule has 98 valence electrons. The lowest BCUT2D eigenvalue weighted by molar-refractivity contribution is 0.363. The van der Waals surface area contributed by atoms with E-state index in [1.807, 2.05) is 0 Å². The molecule has 1 aromatic rings. The van der Waals surface area contributed by atoms with Crippen molar-refractivity contribution in [1.29, 1.82) is 0 Å². The SMILES string of the molecule is CC(C)C(CN)NCC(C)(C)c1cc(Br)cs1. The van der Waals surface area contributed by atoms with Crippen LogP contribution in [-0.4, -0.2) is 19.1 Å². The molecule has 1 aromatic heterocycles. The van der Waals surface area contributed by atoms with Crippen LogP contribution in [-0.2, 0) is 5.41 Å². The standard InChI is InChI=1S/C13H23BrN2S/c1-9(2)11(6-15)16-8-13(3,4)12-5-10(14)7-17-12/h5,7,9,11,16H,6,8,15H2,1-4H3.